The molecule has 0 aliphatic heterocycles. The minimum Gasteiger partial charge on any atom is -0.326 e. The fourth-order valence-electron chi connectivity index (χ4n) is 1.33. The van der Waals surface area contributed by atoms with Gasteiger partial charge in [-0.05, 0) is 29.2 Å². The topological polar surface area (TPSA) is 26.0 Å². The summed E-state index contributed by atoms with van der Waals surface area (Å²) in [4.78, 5) is 2.68. The summed E-state index contributed by atoms with van der Waals surface area (Å²) in [5, 5.41) is 0. The van der Waals surface area contributed by atoms with Crippen molar-refractivity contribution in [3.63, 3.8) is 0 Å². The van der Waals surface area contributed by atoms with E-state index in [1.165, 1.54) is 15.4 Å². The molecule has 1 aromatic carbocycles. The average Bonchev–Trinajstić information content (AvgIpc) is 2.19. The molecule has 0 amide bonds. The van der Waals surface area contributed by atoms with Crippen molar-refractivity contribution in [3.05, 3.63) is 23.8 Å². The third kappa shape index (κ3) is 2.94. The van der Waals surface area contributed by atoms with Crippen LogP contribution in [0, 0.1) is 0 Å². The molecule has 0 saturated carbocycles. The van der Waals surface area contributed by atoms with Crippen LogP contribution >= 0.6 is 23.5 Å². The second kappa shape index (κ2) is 6.38. The summed E-state index contributed by atoms with van der Waals surface area (Å²) < 4.78 is 0. The lowest BCUT2D eigenvalue weighted by atomic mass is 10.2. The molecule has 0 heterocycles. The highest BCUT2D eigenvalue weighted by Crippen LogP contribution is 2.30. The van der Waals surface area contributed by atoms with E-state index in [1.54, 1.807) is 0 Å². The lowest BCUT2D eigenvalue weighted by Crippen LogP contribution is -2.00. The van der Waals surface area contributed by atoms with Crippen LogP contribution in [-0.2, 0) is 6.54 Å². The van der Waals surface area contributed by atoms with Gasteiger partial charge in [0.2, 0.25) is 0 Å². The van der Waals surface area contributed by atoms with E-state index >= 15 is 0 Å². The van der Waals surface area contributed by atoms with Crippen molar-refractivity contribution in [1.29, 1.82) is 0 Å². The fourth-order valence-corrected chi connectivity index (χ4v) is 3.10. The summed E-state index contributed by atoms with van der Waals surface area (Å²) in [6, 6.07) is 6.45. The van der Waals surface area contributed by atoms with Gasteiger partial charge in [0.15, 0.2) is 0 Å². The van der Waals surface area contributed by atoms with E-state index in [0.717, 1.165) is 11.5 Å². The average molecular weight is 227 g/mol. The first-order chi connectivity index (χ1) is 6.83. The Morgan fingerprint density at radius 3 is 1.93 bits per heavy atom. The summed E-state index contributed by atoms with van der Waals surface area (Å²) in [5.74, 6) is 2.21. The molecule has 0 aliphatic carbocycles. The number of benzene rings is 1. The fraction of sp³-hybridized carbons (Fsp3) is 0.455. The van der Waals surface area contributed by atoms with Gasteiger partial charge in [-0.3, -0.25) is 0 Å². The predicted molar refractivity (Wildman–Crippen MR) is 67.1 cm³/mol. The minimum absolute atomic E-state index is 0.644. The number of rotatable bonds is 5. The van der Waals surface area contributed by atoms with Crippen LogP contribution in [0.4, 0.5) is 0 Å². The Morgan fingerprint density at radius 1 is 1.07 bits per heavy atom. The first-order valence-electron chi connectivity index (χ1n) is 4.91. The molecule has 0 saturated heterocycles. The molecule has 0 fully saturated rings. The zero-order valence-corrected chi connectivity index (χ0v) is 10.4. The van der Waals surface area contributed by atoms with E-state index in [1.807, 2.05) is 23.5 Å². The highest BCUT2D eigenvalue weighted by molar-refractivity contribution is 8.00. The van der Waals surface area contributed by atoms with Crippen molar-refractivity contribution in [2.24, 2.45) is 5.73 Å². The summed E-state index contributed by atoms with van der Waals surface area (Å²) >= 11 is 3.75. The second-order valence-electron chi connectivity index (χ2n) is 2.80. The first-order valence-corrected chi connectivity index (χ1v) is 6.88. The maximum atomic E-state index is 5.79. The molecule has 2 N–H and O–H groups in total. The Balaban J connectivity index is 2.98. The molecule has 3 heteroatoms. The quantitative estimate of drug-likeness (QED) is 0.781. The minimum atomic E-state index is 0.644. The van der Waals surface area contributed by atoms with Crippen molar-refractivity contribution >= 4 is 23.5 Å². The van der Waals surface area contributed by atoms with Crippen molar-refractivity contribution in [3.8, 4) is 0 Å². The van der Waals surface area contributed by atoms with Crippen molar-refractivity contribution in [2.45, 2.75) is 30.2 Å². The molecule has 0 aliphatic rings. The van der Waals surface area contributed by atoms with Crippen LogP contribution in [0.1, 0.15) is 19.4 Å². The maximum Gasteiger partial charge on any atom is 0.0200 e. The van der Waals surface area contributed by atoms with Crippen LogP contribution < -0.4 is 5.73 Å². The smallest absolute Gasteiger partial charge is 0.0200 e. The van der Waals surface area contributed by atoms with E-state index in [-0.39, 0.29) is 0 Å². The largest absolute Gasteiger partial charge is 0.326 e. The van der Waals surface area contributed by atoms with Gasteiger partial charge in [0.1, 0.15) is 0 Å². The monoisotopic (exact) mass is 227 g/mol. The van der Waals surface area contributed by atoms with Crippen LogP contribution in [-0.4, -0.2) is 11.5 Å². The summed E-state index contributed by atoms with van der Waals surface area (Å²) in [6.07, 6.45) is 0. The molecule has 0 spiro atoms. The Kier molecular flexibility index (Phi) is 5.45. The molecule has 78 valence electrons. The Labute approximate surface area is 94.8 Å². The lowest BCUT2D eigenvalue weighted by molar-refractivity contribution is 0.980. The van der Waals surface area contributed by atoms with E-state index in [0.29, 0.717) is 6.54 Å². The zero-order chi connectivity index (χ0) is 10.4. The van der Waals surface area contributed by atoms with Gasteiger partial charge < -0.3 is 5.73 Å². The van der Waals surface area contributed by atoms with Crippen molar-refractivity contribution in [2.75, 3.05) is 11.5 Å². The van der Waals surface area contributed by atoms with Crippen LogP contribution in [0.25, 0.3) is 0 Å². The summed E-state index contributed by atoms with van der Waals surface area (Å²) in [5.41, 5.74) is 7.10. The van der Waals surface area contributed by atoms with Crippen LogP contribution in [0.3, 0.4) is 0 Å². The highest BCUT2D eigenvalue weighted by atomic mass is 32.2. The highest BCUT2D eigenvalue weighted by Gasteiger charge is 2.06. The van der Waals surface area contributed by atoms with E-state index in [4.69, 9.17) is 5.73 Å². The van der Waals surface area contributed by atoms with Gasteiger partial charge in [-0.2, -0.15) is 0 Å². The molecule has 0 unspecified atom stereocenters. The molecule has 14 heavy (non-hydrogen) atoms. The summed E-state index contributed by atoms with van der Waals surface area (Å²) in [6.45, 7) is 4.99. The van der Waals surface area contributed by atoms with Gasteiger partial charge in [-0.1, -0.05) is 19.9 Å². The van der Waals surface area contributed by atoms with Gasteiger partial charge in [0, 0.05) is 16.3 Å². The van der Waals surface area contributed by atoms with Gasteiger partial charge in [0.25, 0.3) is 0 Å². The standard InChI is InChI=1S/C11H17NS2/c1-3-13-10-6-5-7-11(14-4-2)9(10)8-12/h5-7H,3-4,8,12H2,1-2H3. The second-order valence-corrected chi connectivity index (χ2v) is 5.41. The van der Waals surface area contributed by atoms with Gasteiger partial charge >= 0.3 is 0 Å². The number of nitrogens with two attached hydrogens (primary N) is 1. The summed E-state index contributed by atoms with van der Waals surface area (Å²) in [7, 11) is 0. The zero-order valence-electron chi connectivity index (χ0n) is 8.75. The molecule has 1 nitrogen and oxygen atoms in total. The molecule has 0 bridgehead atoms. The predicted octanol–water partition coefficient (Wildman–Crippen LogP) is 3.37. The van der Waals surface area contributed by atoms with Crippen molar-refractivity contribution < 1.29 is 0 Å². The SMILES string of the molecule is CCSc1cccc(SCC)c1CN. The van der Waals surface area contributed by atoms with E-state index < -0.39 is 0 Å². The number of hydrogen-bond donors (Lipinski definition) is 1. The van der Waals surface area contributed by atoms with Gasteiger partial charge in [-0.25, -0.2) is 0 Å². The molecule has 0 atom stereocenters. The molecular weight excluding hydrogens is 210 g/mol. The normalized spacial score (nSPS) is 10.5. The Hall–Kier alpha value is -0.120. The van der Waals surface area contributed by atoms with E-state index in [9.17, 15) is 0 Å². The molecule has 0 radical (unpaired) electrons. The molecular formula is C11H17NS2. The van der Waals surface area contributed by atoms with Crippen LogP contribution in [0.2, 0.25) is 0 Å². The van der Waals surface area contributed by atoms with Crippen LogP contribution in [0.15, 0.2) is 28.0 Å². The molecule has 1 aromatic rings. The van der Waals surface area contributed by atoms with Gasteiger partial charge in [0.05, 0.1) is 0 Å². The van der Waals surface area contributed by atoms with Crippen molar-refractivity contribution in [1.82, 2.24) is 0 Å². The maximum absolute atomic E-state index is 5.79. The van der Waals surface area contributed by atoms with Crippen LogP contribution in [0.5, 0.6) is 0 Å². The third-order valence-electron chi connectivity index (χ3n) is 1.89. The first kappa shape index (κ1) is 12.0. The number of thioether (sulfide) groups is 2. The lowest BCUT2D eigenvalue weighted by Gasteiger charge is -2.11. The third-order valence-corrected chi connectivity index (χ3v) is 3.86. The molecule has 0 aromatic heterocycles. The van der Waals surface area contributed by atoms with Gasteiger partial charge in [-0.15, -0.1) is 23.5 Å². The Bertz CT molecular complexity index is 262. The Morgan fingerprint density at radius 2 is 1.57 bits per heavy atom. The number of hydrogen-bond acceptors (Lipinski definition) is 3. The molecule has 1 rings (SSSR count). The van der Waals surface area contributed by atoms with E-state index in [2.05, 4.69) is 32.0 Å².